The Morgan fingerprint density at radius 2 is 1.83 bits per heavy atom. The van der Waals surface area contributed by atoms with Crippen molar-refractivity contribution in [3.05, 3.63) is 71.1 Å². The maximum absolute atomic E-state index is 14.7. The highest BCUT2D eigenvalue weighted by atomic mass is 19.1. The number of nitrogens with zero attached hydrogens (tertiary/aromatic N) is 4. The first kappa shape index (κ1) is 23.4. The Labute approximate surface area is 205 Å². The van der Waals surface area contributed by atoms with Crippen LogP contribution < -0.4 is 4.74 Å². The quantitative estimate of drug-likeness (QED) is 0.373. The molecule has 0 saturated carbocycles. The van der Waals surface area contributed by atoms with Crippen LogP contribution in [0.15, 0.2) is 42.9 Å². The van der Waals surface area contributed by atoms with Crippen LogP contribution in [0.4, 0.5) is 4.39 Å². The van der Waals surface area contributed by atoms with Gasteiger partial charge in [0.25, 0.3) is 0 Å². The Hall–Kier alpha value is -3.32. The zero-order chi connectivity index (χ0) is 24.5. The second-order valence-corrected chi connectivity index (χ2v) is 9.81. The van der Waals surface area contributed by atoms with Gasteiger partial charge in [0.2, 0.25) is 0 Å². The summed E-state index contributed by atoms with van der Waals surface area (Å²) in [5, 5.41) is 1.19. The van der Waals surface area contributed by atoms with Crippen LogP contribution in [0.1, 0.15) is 60.9 Å². The highest BCUT2D eigenvalue weighted by Gasteiger charge is 2.24. The van der Waals surface area contributed by atoms with Gasteiger partial charge in [-0.05, 0) is 74.0 Å². The minimum atomic E-state index is -0.293. The molecule has 35 heavy (non-hydrogen) atoms. The summed E-state index contributed by atoms with van der Waals surface area (Å²) in [5.41, 5.74) is 6.96. The number of piperidine rings is 1. The van der Waals surface area contributed by atoms with Crippen molar-refractivity contribution >= 4 is 10.9 Å². The number of fused-ring (bicyclic) bond motifs is 1. The molecular formula is C28H32FN5O. The van der Waals surface area contributed by atoms with E-state index in [0.29, 0.717) is 17.5 Å². The van der Waals surface area contributed by atoms with Gasteiger partial charge in [0.05, 0.1) is 19.0 Å². The third-order valence-electron chi connectivity index (χ3n) is 7.03. The standard InChI is InChI=1S/C28H32FN5O/c1-17(2)26-23-12-21(5-6-25(23)33-27(26)22-11-18(3)30-15-24(22)29)20-7-9-34(10-8-20)16-19-13-31-28(35-4)32-14-19/h5-6,11-15,17,20,33H,7-10,16H2,1-4H3. The molecule has 0 amide bonds. The fourth-order valence-electron chi connectivity index (χ4n) is 5.24. The van der Waals surface area contributed by atoms with E-state index in [0.717, 1.165) is 54.9 Å². The first-order valence-corrected chi connectivity index (χ1v) is 12.3. The third kappa shape index (κ3) is 4.78. The van der Waals surface area contributed by atoms with Crippen molar-refractivity contribution in [1.82, 2.24) is 24.8 Å². The van der Waals surface area contributed by atoms with Gasteiger partial charge in [0.1, 0.15) is 0 Å². The first-order chi connectivity index (χ1) is 16.9. The molecule has 0 unspecified atom stereocenters. The van der Waals surface area contributed by atoms with Crippen LogP contribution in [0.5, 0.6) is 6.01 Å². The molecule has 1 aliphatic rings. The molecular weight excluding hydrogens is 441 g/mol. The van der Waals surface area contributed by atoms with Crippen LogP contribution in [0.25, 0.3) is 22.2 Å². The van der Waals surface area contributed by atoms with Gasteiger partial charge >= 0.3 is 6.01 Å². The van der Waals surface area contributed by atoms with Gasteiger partial charge in [-0.2, -0.15) is 0 Å². The van der Waals surface area contributed by atoms with E-state index in [9.17, 15) is 4.39 Å². The number of aromatic nitrogens is 4. The number of benzene rings is 1. The van der Waals surface area contributed by atoms with Crippen molar-refractivity contribution in [2.45, 2.75) is 52.0 Å². The number of hydrogen-bond acceptors (Lipinski definition) is 5. The summed E-state index contributed by atoms with van der Waals surface area (Å²) in [6, 6.07) is 8.95. The summed E-state index contributed by atoms with van der Waals surface area (Å²) in [7, 11) is 1.58. The van der Waals surface area contributed by atoms with Crippen molar-refractivity contribution in [2.75, 3.05) is 20.2 Å². The average molecular weight is 474 g/mol. The van der Waals surface area contributed by atoms with Crippen molar-refractivity contribution in [3.63, 3.8) is 0 Å². The number of aryl methyl sites for hydroxylation is 1. The monoisotopic (exact) mass is 473 g/mol. The lowest BCUT2D eigenvalue weighted by Crippen LogP contribution is -2.32. The fourth-order valence-corrected chi connectivity index (χ4v) is 5.24. The van der Waals surface area contributed by atoms with E-state index in [1.807, 2.05) is 25.4 Å². The van der Waals surface area contributed by atoms with E-state index in [4.69, 9.17) is 4.74 Å². The van der Waals surface area contributed by atoms with E-state index >= 15 is 0 Å². The maximum atomic E-state index is 14.7. The molecule has 4 aromatic rings. The number of likely N-dealkylation sites (tertiary alicyclic amines) is 1. The molecule has 6 nitrogen and oxygen atoms in total. The molecule has 0 spiro atoms. The predicted molar refractivity (Wildman–Crippen MR) is 136 cm³/mol. The lowest BCUT2D eigenvalue weighted by molar-refractivity contribution is 0.204. The van der Waals surface area contributed by atoms with Gasteiger partial charge in [0.15, 0.2) is 5.82 Å². The van der Waals surface area contributed by atoms with Gasteiger partial charge < -0.3 is 9.72 Å². The second kappa shape index (κ2) is 9.74. The maximum Gasteiger partial charge on any atom is 0.316 e. The number of methoxy groups -OCH3 is 1. The molecule has 0 aliphatic carbocycles. The SMILES string of the molecule is COc1ncc(CN2CCC(c3ccc4[nH]c(-c5cc(C)ncc5F)c(C(C)C)c4c3)CC2)cn1. The Morgan fingerprint density at radius 3 is 2.51 bits per heavy atom. The minimum Gasteiger partial charge on any atom is -0.467 e. The second-order valence-electron chi connectivity index (χ2n) is 9.81. The highest BCUT2D eigenvalue weighted by molar-refractivity contribution is 5.92. The highest BCUT2D eigenvalue weighted by Crippen LogP contribution is 2.39. The zero-order valence-electron chi connectivity index (χ0n) is 20.8. The number of hydrogen-bond donors (Lipinski definition) is 1. The van der Waals surface area contributed by atoms with Crippen LogP contribution in [-0.2, 0) is 6.54 Å². The molecule has 4 heterocycles. The number of pyridine rings is 1. The number of aromatic amines is 1. The van der Waals surface area contributed by atoms with Crippen molar-refractivity contribution in [1.29, 1.82) is 0 Å². The van der Waals surface area contributed by atoms with E-state index in [-0.39, 0.29) is 11.7 Å². The molecule has 5 rings (SSSR count). The van der Waals surface area contributed by atoms with Crippen LogP contribution in [0, 0.1) is 12.7 Å². The Morgan fingerprint density at radius 1 is 1.09 bits per heavy atom. The Balaban J connectivity index is 1.37. The van der Waals surface area contributed by atoms with Gasteiger partial charge in [-0.1, -0.05) is 19.9 Å². The summed E-state index contributed by atoms with van der Waals surface area (Å²) in [6.45, 7) is 9.16. The molecule has 0 radical (unpaired) electrons. The molecule has 3 aromatic heterocycles. The van der Waals surface area contributed by atoms with Crippen LogP contribution >= 0.6 is 0 Å². The Kier molecular flexibility index (Phi) is 6.52. The van der Waals surface area contributed by atoms with Crippen molar-refractivity contribution < 1.29 is 9.13 Å². The normalized spacial score (nSPS) is 15.3. The molecule has 1 aliphatic heterocycles. The first-order valence-electron chi connectivity index (χ1n) is 12.3. The number of halogens is 1. The minimum absolute atomic E-state index is 0.260. The summed E-state index contributed by atoms with van der Waals surface area (Å²) in [5.74, 6) is 0.482. The van der Waals surface area contributed by atoms with E-state index in [1.165, 1.54) is 22.7 Å². The number of nitrogens with one attached hydrogen (secondary N) is 1. The molecule has 7 heteroatoms. The van der Waals surface area contributed by atoms with Gasteiger partial charge in [-0.25, -0.2) is 14.4 Å². The molecule has 1 fully saturated rings. The van der Waals surface area contributed by atoms with Gasteiger partial charge in [-0.15, -0.1) is 0 Å². The summed E-state index contributed by atoms with van der Waals surface area (Å²) in [4.78, 5) is 18.5. The van der Waals surface area contributed by atoms with Crippen LogP contribution in [0.3, 0.4) is 0 Å². The number of rotatable bonds is 6. The van der Waals surface area contributed by atoms with Gasteiger partial charge in [0, 0.05) is 46.7 Å². The lowest BCUT2D eigenvalue weighted by atomic mass is 9.87. The Bertz CT molecular complexity index is 1320. The molecule has 0 bridgehead atoms. The number of H-pyrrole nitrogens is 1. The summed E-state index contributed by atoms with van der Waals surface area (Å²) < 4.78 is 19.8. The van der Waals surface area contributed by atoms with E-state index in [1.54, 1.807) is 7.11 Å². The smallest absolute Gasteiger partial charge is 0.316 e. The zero-order valence-corrected chi connectivity index (χ0v) is 20.8. The third-order valence-corrected chi connectivity index (χ3v) is 7.03. The van der Waals surface area contributed by atoms with Crippen molar-refractivity contribution in [2.24, 2.45) is 0 Å². The summed E-state index contributed by atoms with van der Waals surface area (Å²) >= 11 is 0. The lowest BCUT2D eigenvalue weighted by Gasteiger charge is -2.32. The molecule has 1 saturated heterocycles. The fraction of sp³-hybridized carbons (Fsp3) is 0.393. The van der Waals surface area contributed by atoms with Crippen molar-refractivity contribution in [3.8, 4) is 17.3 Å². The topological polar surface area (TPSA) is 66.9 Å². The summed E-state index contributed by atoms with van der Waals surface area (Å²) in [6.07, 6.45) is 7.22. The molecule has 1 N–H and O–H groups in total. The van der Waals surface area contributed by atoms with E-state index in [2.05, 4.69) is 56.9 Å². The van der Waals surface area contributed by atoms with Crippen LogP contribution in [-0.4, -0.2) is 45.0 Å². The molecule has 1 aromatic carbocycles. The molecule has 0 atom stereocenters. The largest absolute Gasteiger partial charge is 0.467 e. The van der Waals surface area contributed by atoms with E-state index < -0.39 is 0 Å². The number of ether oxygens (including phenoxy) is 1. The van der Waals surface area contributed by atoms with Crippen LogP contribution in [0.2, 0.25) is 0 Å². The predicted octanol–water partition coefficient (Wildman–Crippen LogP) is 5.98. The molecule has 182 valence electrons. The van der Waals surface area contributed by atoms with Gasteiger partial charge in [-0.3, -0.25) is 9.88 Å². The average Bonchev–Trinajstić information content (AvgIpc) is 3.25.